The lowest BCUT2D eigenvalue weighted by atomic mass is 9.79. The smallest absolute Gasteiger partial charge is 0.225 e. The standard InChI is InChI=1S/C21H32N4O2/c1-3-18-10-14(2)22-21(24-18)25-12-16-4-5-19(11-17(16)13-25)23-20(26)15-6-8-27-9-7-15/h10,15-17,19H,3-9,11-13H2,1-2H3,(H,23,26). The normalized spacial score (nSPS) is 28.8. The highest BCUT2D eigenvalue weighted by atomic mass is 16.5. The third-order valence-corrected chi connectivity index (χ3v) is 6.53. The Balaban J connectivity index is 1.35. The Kier molecular flexibility index (Phi) is 5.62. The summed E-state index contributed by atoms with van der Waals surface area (Å²) in [6.45, 7) is 7.70. The molecule has 0 aromatic carbocycles. The van der Waals surface area contributed by atoms with Gasteiger partial charge in [-0.1, -0.05) is 6.92 Å². The van der Waals surface area contributed by atoms with Crippen molar-refractivity contribution >= 4 is 11.9 Å². The van der Waals surface area contributed by atoms with E-state index in [2.05, 4.69) is 35.1 Å². The van der Waals surface area contributed by atoms with Crippen molar-refractivity contribution in [1.82, 2.24) is 15.3 Å². The molecule has 2 aliphatic heterocycles. The van der Waals surface area contributed by atoms with Crippen molar-refractivity contribution in [3.63, 3.8) is 0 Å². The second kappa shape index (κ2) is 8.13. The fourth-order valence-corrected chi connectivity index (χ4v) is 4.94. The fraction of sp³-hybridized carbons (Fsp3) is 0.762. The molecule has 3 aliphatic rings. The van der Waals surface area contributed by atoms with Crippen LogP contribution in [0.25, 0.3) is 0 Å². The summed E-state index contributed by atoms with van der Waals surface area (Å²) < 4.78 is 5.38. The molecule has 4 rings (SSSR count). The number of hydrogen-bond acceptors (Lipinski definition) is 5. The quantitative estimate of drug-likeness (QED) is 0.880. The molecular weight excluding hydrogens is 340 g/mol. The highest BCUT2D eigenvalue weighted by Crippen LogP contribution is 2.37. The van der Waals surface area contributed by atoms with E-state index in [0.717, 1.165) is 75.7 Å². The van der Waals surface area contributed by atoms with Crippen molar-refractivity contribution in [2.45, 2.75) is 58.4 Å². The summed E-state index contributed by atoms with van der Waals surface area (Å²) in [4.78, 5) is 24.4. The Hall–Kier alpha value is -1.69. The minimum atomic E-state index is 0.143. The third kappa shape index (κ3) is 4.26. The van der Waals surface area contributed by atoms with E-state index in [1.165, 1.54) is 6.42 Å². The second-order valence-electron chi connectivity index (χ2n) is 8.48. The number of hydrogen-bond donors (Lipinski definition) is 1. The van der Waals surface area contributed by atoms with Crippen LogP contribution < -0.4 is 10.2 Å². The van der Waals surface area contributed by atoms with Crippen LogP contribution in [0.5, 0.6) is 0 Å². The monoisotopic (exact) mass is 372 g/mol. The Morgan fingerprint density at radius 1 is 1.19 bits per heavy atom. The number of nitrogens with one attached hydrogen (secondary N) is 1. The Morgan fingerprint density at radius 2 is 1.96 bits per heavy atom. The van der Waals surface area contributed by atoms with E-state index >= 15 is 0 Å². The molecule has 3 atom stereocenters. The zero-order valence-corrected chi connectivity index (χ0v) is 16.6. The molecule has 0 spiro atoms. The van der Waals surface area contributed by atoms with E-state index in [9.17, 15) is 4.79 Å². The van der Waals surface area contributed by atoms with Gasteiger partial charge in [0.1, 0.15) is 0 Å². The summed E-state index contributed by atoms with van der Waals surface area (Å²) in [6.07, 6.45) is 6.04. The minimum Gasteiger partial charge on any atom is -0.381 e. The molecule has 27 heavy (non-hydrogen) atoms. The predicted octanol–water partition coefficient (Wildman–Crippen LogP) is 2.50. The van der Waals surface area contributed by atoms with Gasteiger partial charge in [-0.15, -0.1) is 0 Å². The van der Waals surface area contributed by atoms with E-state index in [1.807, 2.05) is 0 Å². The molecule has 1 amide bonds. The van der Waals surface area contributed by atoms with Gasteiger partial charge in [0.25, 0.3) is 0 Å². The van der Waals surface area contributed by atoms with Crippen molar-refractivity contribution in [1.29, 1.82) is 0 Å². The number of aromatic nitrogens is 2. The first kappa shape index (κ1) is 18.7. The van der Waals surface area contributed by atoms with Gasteiger partial charge >= 0.3 is 0 Å². The molecule has 1 N–H and O–H groups in total. The molecule has 148 valence electrons. The Morgan fingerprint density at radius 3 is 2.74 bits per heavy atom. The minimum absolute atomic E-state index is 0.143. The highest BCUT2D eigenvalue weighted by molar-refractivity contribution is 5.79. The number of nitrogens with zero attached hydrogens (tertiary/aromatic N) is 3. The topological polar surface area (TPSA) is 67.4 Å². The molecule has 1 aliphatic carbocycles. The molecule has 1 aromatic rings. The molecular formula is C21H32N4O2. The zero-order chi connectivity index (χ0) is 18.8. The van der Waals surface area contributed by atoms with Gasteiger partial charge in [-0.3, -0.25) is 4.79 Å². The molecule has 3 unspecified atom stereocenters. The van der Waals surface area contributed by atoms with Gasteiger partial charge in [-0.2, -0.15) is 0 Å². The molecule has 2 saturated heterocycles. The highest BCUT2D eigenvalue weighted by Gasteiger charge is 2.39. The van der Waals surface area contributed by atoms with Crippen LogP contribution >= 0.6 is 0 Å². The fourth-order valence-electron chi connectivity index (χ4n) is 4.94. The maximum Gasteiger partial charge on any atom is 0.225 e. The van der Waals surface area contributed by atoms with Crippen LogP contribution in [0.3, 0.4) is 0 Å². The van der Waals surface area contributed by atoms with Crippen molar-refractivity contribution < 1.29 is 9.53 Å². The number of carbonyl (C=O) groups is 1. The first-order chi connectivity index (χ1) is 13.1. The molecule has 3 heterocycles. The van der Waals surface area contributed by atoms with E-state index in [-0.39, 0.29) is 11.8 Å². The lowest BCUT2D eigenvalue weighted by Gasteiger charge is -2.32. The summed E-state index contributed by atoms with van der Waals surface area (Å²) in [6, 6.07) is 2.40. The molecule has 6 nitrogen and oxygen atoms in total. The van der Waals surface area contributed by atoms with E-state index in [0.29, 0.717) is 17.9 Å². The van der Waals surface area contributed by atoms with Crippen molar-refractivity contribution in [3.8, 4) is 0 Å². The van der Waals surface area contributed by atoms with Gasteiger partial charge in [-0.05, 0) is 63.4 Å². The number of fused-ring (bicyclic) bond motifs is 1. The number of amides is 1. The van der Waals surface area contributed by atoms with Gasteiger partial charge in [0.05, 0.1) is 0 Å². The first-order valence-electron chi connectivity index (χ1n) is 10.6. The Labute approximate surface area is 162 Å². The maximum atomic E-state index is 12.6. The molecule has 0 radical (unpaired) electrons. The lowest BCUT2D eigenvalue weighted by molar-refractivity contribution is -0.128. The summed E-state index contributed by atoms with van der Waals surface area (Å²) in [5, 5.41) is 3.34. The van der Waals surface area contributed by atoms with Gasteiger partial charge in [-0.25, -0.2) is 9.97 Å². The Bertz CT molecular complexity index is 674. The molecule has 3 fully saturated rings. The molecule has 1 saturated carbocycles. The number of anilines is 1. The first-order valence-corrected chi connectivity index (χ1v) is 10.6. The summed E-state index contributed by atoms with van der Waals surface area (Å²) in [7, 11) is 0. The number of carbonyl (C=O) groups excluding carboxylic acids is 1. The van der Waals surface area contributed by atoms with E-state index in [4.69, 9.17) is 9.72 Å². The van der Waals surface area contributed by atoms with Crippen molar-refractivity contribution in [2.75, 3.05) is 31.2 Å². The number of aryl methyl sites for hydroxylation is 2. The predicted molar refractivity (Wildman–Crippen MR) is 105 cm³/mol. The average Bonchev–Trinajstić information content (AvgIpc) is 3.11. The summed E-state index contributed by atoms with van der Waals surface area (Å²) >= 11 is 0. The largest absolute Gasteiger partial charge is 0.381 e. The third-order valence-electron chi connectivity index (χ3n) is 6.53. The summed E-state index contributed by atoms with van der Waals surface area (Å²) in [5.74, 6) is 2.61. The van der Waals surface area contributed by atoms with Gasteiger partial charge in [0, 0.05) is 49.7 Å². The van der Waals surface area contributed by atoms with Crippen molar-refractivity contribution in [2.24, 2.45) is 17.8 Å². The SMILES string of the molecule is CCc1cc(C)nc(N2CC3CCC(NC(=O)C4CCOCC4)CC3C2)n1. The van der Waals surface area contributed by atoms with Crippen LogP contribution in [0.2, 0.25) is 0 Å². The van der Waals surface area contributed by atoms with Gasteiger partial charge < -0.3 is 15.0 Å². The van der Waals surface area contributed by atoms with Crippen LogP contribution in [0.4, 0.5) is 5.95 Å². The van der Waals surface area contributed by atoms with Gasteiger partial charge in [0.15, 0.2) is 0 Å². The molecule has 1 aromatic heterocycles. The number of rotatable bonds is 4. The molecule has 0 bridgehead atoms. The van der Waals surface area contributed by atoms with Crippen LogP contribution in [0.15, 0.2) is 6.07 Å². The average molecular weight is 373 g/mol. The van der Waals surface area contributed by atoms with Crippen LogP contribution in [-0.2, 0) is 16.0 Å². The van der Waals surface area contributed by atoms with Crippen LogP contribution in [0.1, 0.15) is 50.4 Å². The second-order valence-corrected chi connectivity index (χ2v) is 8.48. The zero-order valence-electron chi connectivity index (χ0n) is 16.6. The van der Waals surface area contributed by atoms with E-state index in [1.54, 1.807) is 0 Å². The molecule has 6 heteroatoms. The van der Waals surface area contributed by atoms with Crippen LogP contribution in [0, 0.1) is 24.7 Å². The van der Waals surface area contributed by atoms with E-state index < -0.39 is 0 Å². The lowest BCUT2D eigenvalue weighted by Crippen LogP contribution is -2.44. The van der Waals surface area contributed by atoms with Gasteiger partial charge in [0.2, 0.25) is 11.9 Å². The maximum absolute atomic E-state index is 12.6. The van der Waals surface area contributed by atoms with Crippen molar-refractivity contribution in [3.05, 3.63) is 17.5 Å². The summed E-state index contributed by atoms with van der Waals surface area (Å²) in [5.41, 5.74) is 2.17. The van der Waals surface area contributed by atoms with Crippen LogP contribution in [-0.4, -0.2) is 48.2 Å². The number of ether oxygens (including phenoxy) is 1.